The Kier molecular flexibility index (Phi) is 5.65. The molecule has 114 valence electrons. The molecule has 0 aromatic heterocycles. The molecule has 0 fully saturated rings. The largest absolute Gasteiger partial charge is 0.478 e. The van der Waals surface area contributed by atoms with Gasteiger partial charge in [-0.3, -0.25) is 4.79 Å². The van der Waals surface area contributed by atoms with Gasteiger partial charge in [-0.05, 0) is 25.1 Å². The Bertz CT molecular complexity index is 562. The van der Waals surface area contributed by atoms with Gasteiger partial charge in [0.05, 0.1) is 11.3 Å². The van der Waals surface area contributed by atoms with Gasteiger partial charge in [-0.1, -0.05) is 0 Å². The number of urea groups is 1. The summed E-state index contributed by atoms with van der Waals surface area (Å²) in [6.07, 6.45) is 0. The Morgan fingerprint density at radius 1 is 1.33 bits per heavy atom. The van der Waals surface area contributed by atoms with Gasteiger partial charge in [0.1, 0.15) is 12.4 Å². The van der Waals surface area contributed by atoms with Crippen LogP contribution in [0.3, 0.4) is 0 Å². The fourth-order valence-electron chi connectivity index (χ4n) is 1.53. The van der Waals surface area contributed by atoms with E-state index in [0.717, 1.165) is 23.1 Å². The molecule has 3 amide bonds. The van der Waals surface area contributed by atoms with Crippen LogP contribution in [0.25, 0.3) is 0 Å². The van der Waals surface area contributed by atoms with Crippen molar-refractivity contribution in [1.82, 2.24) is 10.2 Å². The topological polar surface area (TPSA) is 98.7 Å². The number of carboxylic acid groups (broad SMARTS) is 1. The number of rotatable bonds is 5. The van der Waals surface area contributed by atoms with Gasteiger partial charge in [0.15, 0.2) is 0 Å². The van der Waals surface area contributed by atoms with E-state index < -0.39 is 17.8 Å². The molecule has 21 heavy (non-hydrogen) atoms. The van der Waals surface area contributed by atoms with Crippen molar-refractivity contribution in [3.8, 4) is 0 Å². The maximum Gasteiger partial charge on any atom is 0.335 e. The first-order valence-electron chi connectivity index (χ1n) is 6.18. The highest BCUT2D eigenvalue weighted by molar-refractivity contribution is 5.94. The van der Waals surface area contributed by atoms with E-state index >= 15 is 0 Å². The monoisotopic (exact) mass is 297 g/mol. The van der Waals surface area contributed by atoms with E-state index in [1.165, 1.54) is 7.05 Å². The number of carbonyl (C=O) groups excluding carboxylic acids is 2. The number of benzene rings is 1. The first-order valence-corrected chi connectivity index (χ1v) is 6.18. The van der Waals surface area contributed by atoms with Crippen molar-refractivity contribution in [1.29, 1.82) is 0 Å². The standard InChI is InChI=1S/C13H16FN3O4/c1-3-17(7-11(18)15-2)13(21)16-10-6-8(12(19)20)4-5-9(10)14/h4-6H,3,7H2,1-2H3,(H,15,18)(H,16,21)(H,19,20). The van der Waals surface area contributed by atoms with Crippen molar-refractivity contribution >= 4 is 23.6 Å². The summed E-state index contributed by atoms with van der Waals surface area (Å²) in [6.45, 7) is 1.71. The molecule has 0 radical (unpaired) electrons. The number of carbonyl (C=O) groups is 3. The molecule has 3 N–H and O–H groups in total. The number of hydrogen-bond acceptors (Lipinski definition) is 3. The third kappa shape index (κ3) is 4.44. The summed E-state index contributed by atoms with van der Waals surface area (Å²) in [6, 6.07) is 2.37. The average molecular weight is 297 g/mol. The van der Waals surface area contributed by atoms with E-state index in [1.807, 2.05) is 0 Å². The Morgan fingerprint density at radius 3 is 2.52 bits per heavy atom. The number of nitrogens with one attached hydrogen (secondary N) is 2. The molecule has 7 nitrogen and oxygen atoms in total. The van der Waals surface area contributed by atoms with E-state index in [-0.39, 0.29) is 30.2 Å². The van der Waals surface area contributed by atoms with E-state index in [2.05, 4.69) is 10.6 Å². The lowest BCUT2D eigenvalue weighted by Crippen LogP contribution is -2.41. The smallest absolute Gasteiger partial charge is 0.335 e. The molecule has 0 saturated carbocycles. The first kappa shape index (κ1) is 16.4. The van der Waals surface area contributed by atoms with Gasteiger partial charge in [0.25, 0.3) is 0 Å². The summed E-state index contributed by atoms with van der Waals surface area (Å²) >= 11 is 0. The number of amides is 3. The van der Waals surface area contributed by atoms with E-state index in [0.29, 0.717) is 0 Å². The Morgan fingerprint density at radius 2 is 2.00 bits per heavy atom. The molecule has 0 aliphatic rings. The fraction of sp³-hybridized carbons (Fsp3) is 0.308. The van der Waals surface area contributed by atoms with E-state index in [1.54, 1.807) is 6.92 Å². The number of anilines is 1. The van der Waals surface area contributed by atoms with Crippen molar-refractivity contribution in [3.63, 3.8) is 0 Å². The highest BCUT2D eigenvalue weighted by Gasteiger charge is 2.17. The maximum absolute atomic E-state index is 13.6. The molecule has 0 bridgehead atoms. The normalized spacial score (nSPS) is 9.86. The summed E-state index contributed by atoms with van der Waals surface area (Å²) in [5, 5.41) is 13.5. The zero-order valence-corrected chi connectivity index (χ0v) is 11.6. The Hall–Kier alpha value is -2.64. The molecule has 1 aromatic rings. The zero-order valence-electron chi connectivity index (χ0n) is 11.6. The van der Waals surface area contributed by atoms with E-state index in [9.17, 15) is 18.8 Å². The summed E-state index contributed by atoms with van der Waals surface area (Å²) in [4.78, 5) is 35.2. The van der Waals surface area contributed by atoms with Crippen LogP contribution >= 0.6 is 0 Å². The van der Waals surface area contributed by atoms with Gasteiger partial charge in [0.2, 0.25) is 5.91 Å². The third-order valence-electron chi connectivity index (χ3n) is 2.74. The van der Waals surface area contributed by atoms with Gasteiger partial charge in [-0.15, -0.1) is 0 Å². The lowest BCUT2D eigenvalue weighted by Gasteiger charge is -2.20. The second-order valence-corrected chi connectivity index (χ2v) is 4.12. The molecule has 8 heteroatoms. The SMILES string of the molecule is CCN(CC(=O)NC)C(=O)Nc1cc(C(=O)O)ccc1F. The Balaban J connectivity index is 2.88. The summed E-state index contributed by atoms with van der Waals surface area (Å²) < 4.78 is 13.6. The highest BCUT2D eigenvalue weighted by atomic mass is 19.1. The second kappa shape index (κ2) is 7.22. The van der Waals surface area contributed by atoms with Crippen molar-refractivity contribution in [2.24, 2.45) is 0 Å². The van der Waals surface area contributed by atoms with Crippen molar-refractivity contribution in [2.75, 3.05) is 25.5 Å². The number of halogens is 1. The zero-order chi connectivity index (χ0) is 16.0. The number of aromatic carboxylic acids is 1. The molecular formula is C13H16FN3O4. The number of carboxylic acids is 1. The summed E-state index contributed by atoms with van der Waals surface area (Å²) in [7, 11) is 1.43. The number of nitrogens with zero attached hydrogens (tertiary/aromatic N) is 1. The van der Waals surface area contributed by atoms with Crippen LogP contribution in [0.5, 0.6) is 0 Å². The van der Waals surface area contributed by atoms with E-state index in [4.69, 9.17) is 5.11 Å². The van der Waals surface area contributed by atoms with Gasteiger partial charge in [-0.2, -0.15) is 0 Å². The molecular weight excluding hydrogens is 281 g/mol. The van der Waals surface area contributed by atoms with Crippen LogP contribution in [0.4, 0.5) is 14.9 Å². The van der Waals surface area contributed by atoms with Crippen LogP contribution < -0.4 is 10.6 Å². The van der Waals surface area contributed by atoms with Crippen LogP contribution in [0.15, 0.2) is 18.2 Å². The molecule has 0 saturated heterocycles. The Labute approximate surface area is 120 Å². The minimum Gasteiger partial charge on any atom is -0.478 e. The lowest BCUT2D eigenvalue weighted by molar-refractivity contribution is -0.121. The summed E-state index contributed by atoms with van der Waals surface area (Å²) in [5.74, 6) is -2.36. The predicted molar refractivity (Wildman–Crippen MR) is 73.7 cm³/mol. The second-order valence-electron chi connectivity index (χ2n) is 4.12. The molecule has 0 heterocycles. The van der Waals surface area contributed by atoms with Crippen molar-refractivity contribution in [3.05, 3.63) is 29.6 Å². The van der Waals surface area contributed by atoms with Crippen molar-refractivity contribution in [2.45, 2.75) is 6.92 Å². The molecule has 0 aliphatic carbocycles. The van der Waals surface area contributed by atoms with Crippen molar-refractivity contribution < 1.29 is 23.9 Å². The van der Waals surface area contributed by atoms with Gasteiger partial charge < -0.3 is 20.6 Å². The fourth-order valence-corrected chi connectivity index (χ4v) is 1.53. The van der Waals surface area contributed by atoms with Gasteiger partial charge in [0, 0.05) is 13.6 Å². The summed E-state index contributed by atoms with van der Waals surface area (Å²) in [5.41, 5.74) is -0.406. The van der Waals surface area contributed by atoms with Crippen LogP contribution in [0.1, 0.15) is 17.3 Å². The van der Waals surface area contributed by atoms with Crippen LogP contribution in [-0.2, 0) is 4.79 Å². The molecule has 0 spiro atoms. The number of likely N-dealkylation sites (N-methyl/N-ethyl adjacent to an activating group) is 2. The third-order valence-corrected chi connectivity index (χ3v) is 2.74. The molecule has 0 unspecified atom stereocenters. The number of hydrogen-bond donors (Lipinski definition) is 3. The quantitative estimate of drug-likeness (QED) is 0.758. The van der Waals surface area contributed by atoms with Gasteiger partial charge in [-0.25, -0.2) is 14.0 Å². The predicted octanol–water partition coefficient (Wildman–Crippen LogP) is 1.12. The molecule has 0 aliphatic heterocycles. The molecule has 1 rings (SSSR count). The molecule has 1 aromatic carbocycles. The first-order chi connectivity index (χ1) is 9.88. The van der Waals surface area contributed by atoms with Crippen LogP contribution in [-0.4, -0.2) is 48.1 Å². The average Bonchev–Trinajstić information content (AvgIpc) is 2.46. The van der Waals surface area contributed by atoms with Gasteiger partial charge >= 0.3 is 12.0 Å². The molecule has 0 atom stereocenters. The minimum atomic E-state index is -1.23. The minimum absolute atomic E-state index is 0.152. The maximum atomic E-state index is 13.6. The van der Waals surface area contributed by atoms with Crippen LogP contribution in [0.2, 0.25) is 0 Å². The highest BCUT2D eigenvalue weighted by Crippen LogP contribution is 2.16. The van der Waals surface area contributed by atoms with Crippen LogP contribution in [0, 0.1) is 5.82 Å². The lowest BCUT2D eigenvalue weighted by atomic mass is 10.2.